The fourth-order valence-electron chi connectivity index (χ4n) is 4.85. The second-order valence-electron chi connectivity index (χ2n) is 9.30. The van der Waals surface area contributed by atoms with Gasteiger partial charge in [0.2, 0.25) is 0 Å². The first kappa shape index (κ1) is 21.0. The number of benzene rings is 1. The highest BCUT2D eigenvalue weighted by atomic mass is 35.5. The van der Waals surface area contributed by atoms with Gasteiger partial charge in [-0.3, -0.25) is 9.89 Å². The summed E-state index contributed by atoms with van der Waals surface area (Å²) in [5, 5.41) is 9.41. The Morgan fingerprint density at radius 3 is 2.82 bits per heavy atom. The molecule has 0 saturated heterocycles. The third-order valence-corrected chi connectivity index (χ3v) is 7.73. The zero-order valence-electron chi connectivity index (χ0n) is 17.8. The minimum Gasteiger partial charge on any atom is -0.454 e. The molecule has 2 atom stereocenters. The highest BCUT2D eigenvalue weighted by Gasteiger charge is 2.47. The molecule has 0 spiro atoms. The molecule has 7 nitrogen and oxygen atoms in total. The maximum atomic E-state index is 13.2. The third-order valence-electron chi connectivity index (χ3n) is 6.20. The van der Waals surface area contributed by atoms with Crippen molar-refractivity contribution in [1.82, 2.24) is 20.2 Å². The summed E-state index contributed by atoms with van der Waals surface area (Å²) >= 11 is 13.6. The molecule has 0 amide bonds. The summed E-state index contributed by atoms with van der Waals surface area (Å²) in [7, 11) is 0. The van der Waals surface area contributed by atoms with Crippen molar-refractivity contribution < 1.29 is 9.21 Å². The molecular formula is C23H19Cl2N5O2S. The zero-order chi connectivity index (χ0) is 22.9. The second-order valence-corrected chi connectivity index (χ2v) is 11.1. The van der Waals surface area contributed by atoms with Gasteiger partial charge in [-0.15, -0.1) is 0 Å². The number of H-pyrrole nitrogens is 2. The van der Waals surface area contributed by atoms with E-state index in [4.69, 9.17) is 32.6 Å². The third kappa shape index (κ3) is 3.61. The molecule has 1 aliphatic heterocycles. The first-order valence-electron chi connectivity index (χ1n) is 10.5. The largest absolute Gasteiger partial charge is 0.454 e. The molecule has 6 rings (SSSR count). The highest BCUT2D eigenvalue weighted by Crippen LogP contribution is 2.49. The van der Waals surface area contributed by atoms with Crippen molar-refractivity contribution >= 4 is 63.3 Å². The van der Waals surface area contributed by atoms with Crippen molar-refractivity contribution in [2.24, 2.45) is 16.3 Å². The molecule has 1 aliphatic carbocycles. The number of imidazole rings is 1. The summed E-state index contributed by atoms with van der Waals surface area (Å²) in [5.74, 6) is 1.03. The minimum absolute atomic E-state index is 0.105. The van der Waals surface area contributed by atoms with Crippen LogP contribution in [0.4, 0.5) is 5.82 Å². The van der Waals surface area contributed by atoms with Gasteiger partial charge in [0.1, 0.15) is 11.5 Å². The normalized spacial score (nSPS) is 21.7. The zero-order valence-corrected chi connectivity index (χ0v) is 20.1. The molecule has 2 unspecified atom stereocenters. The number of aliphatic imine (C=N–C) groups is 1. The molecule has 3 aromatic heterocycles. The Labute approximate surface area is 203 Å². The molecule has 1 fully saturated rings. The smallest absolute Gasteiger partial charge is 0.174 e. The van der Waals surface area contributed by atoms with E-state index >= 15 is 0 Å². The van der Waals surface area contributed by atoms with Crippen LogP contribution in [0.3, 0.4) is 0 Å². The fraction of sp³-hybridized carbons (Fsp3) is 0.304. The summed E-state index contributed by atoms with van der Waals surface area (Å²) in [4.78, 5) is 25.8. The Hall–Kier alpha value is -2.55. The van der Waals surface area contributed by atoms with Crippen LogP contribution < -0.4 is 0 Å². The van der Waals surface area contributed by atoms with E-state index in [1.165, 1.54) is 11.8 Å². The maximum absolute atomic E-state index is 13.2. The van der Waals surface area contributed by atoms with Gasteiger partial charge in [-0.05, 0) is 47.9 Å². The van der Waals surface area contributed by atoms with E-state index in [0.29, 0.717) is 38.3 Å². The molecule has 0 radical (unpaired) electrons. The number of nitrogens with zero attached hydrogens (tertiary/aromatic N) is 3. The molecule has 168 valence electrons. The fourth-order valence-corrected chi connectivity index (χ4v) is 5.94. The van der Waals surface area contributed by atoms with Crippen LogP contribution in [0.25, 0.3) is 11.0 Å². The topological polar surface area (TPSA) is 99.9 Å². The number of ketones is 1. The minimum atomic E-state index is -0.331. The van der Waals surface area contributed by atoms with E-state index in [-0.39, 0.29) is 23.0 Å². The van der Waals surface area contributed by atoms with Crippen molar-refractivity contribution in [3.63, 3.8) is 0 Å². The lowest BCUT2D eigenvalue weighted by atomic mass is 9.65. The van der Waals surface area contributed by atoms with Gasteiger partial charge in [-0.25, -0.2) is 9.98 Å². The van der Waals surface area contributed by atoms with Crippen LogP contribution in [0.15, 0.2) is 50.1 Å². The number of carbonyl (C=O) groups is 1. The molecule has 4 aromatic rings. The van der Waals surface area contributed by atoms with E-state index in [1.807, 2.05) is 12.1 Å². The molecule has 0 bridgehead atoms. The van der Waals surface area contributed by atoms with Crippen LogP contribution in [0.1, 0.15) is 43.9 Å². The number of aromatic amines is 2. The van der Waals surface area contributed by atoms with E-state index in [2.05, 4.69) is 34.0 Å². The van der Waals surface area contributed by atoms with E-state index in [9.17, 15) is 4.79 Å². The molecule has 2 aliphatic rings. The predicted octanol–water partition coefficient (Wildman–Crippen LogP) is 6.56. The predicted molar refractivity (Wildman–Crippen MR) is 128 cm³/mol. The Morgan fingerprint density at radius 2 is 1.97 bits per heavy atom. The van der Waals surface area contributed by atoms with E-state index < -0.39 is 0 Å². The van der Waals surface area contributed by atoms with Gasteiger partial charge in [0.05, 0.1) is 39.1 Å². The number of hydrogen-bond acceptors (Lipinski definition) is 6. The molecule has 10 heteroatoms. The van der Waals surface area contributed by atoms with Gasteiger partial charge in [-0.1, -0.05) is 37.0 Å². The van der Waals surface area contributed by atoms with Crippen molar-refractivity contribution in [1.29, 1.82) is 0 Å². The van der Waals surface area contributed by atoms with Crippen molar-refractivity contribution in [3.05, 3.63) is 51.8 Å². The van der Waals surface area contributed by atoms with Crippen LogP contribution in [0.2, 0.25) is 10.0 Å². The van der Waals surface area contributed by atoms with Gasteiger partial charge < -0.3 is 9.40 Å². The van der Waals surface area contributed by atoms with Gasteiger partial charge in [0, 0.05) is 17.7 Å². The number of carbonyl (C=O) groups excluding carboxylic acids is 1. The summed E-state index contributed by atoms with van der Waals surface area (Å²) < 4.78 is 6.25. The number of hydrogen-bond donors (Lipinski definition) is 2. The second kappa shape index (κ2) is 7.48. The number of furan rings is 1. The average molecular weight is 500 g/mol. The number of halogens is 2. The van der Waals surface area contributed by atoms with Crippen molar-refractivity contribution in [3.8, 4) is 0 Å². The van der Waals surface area contributed by atoms with Crippen LogP contribution in [0.5, 0.6) is 0 Å². The average Bonchev–Trinajstić information content (AvgIpc) is 3.46. The Bertz CT molecular complexity index is 1410. The lowest BCUT2D eigenvalue weighted by molar-refractivity contribution is -0.124. The molecular weight excluding hydrogens is 481 g/mol. The Balaban J connectivity index is 1.34. The van der Waals surface area contributed by atoms with E-state index in [0.717, 1.165) is 28.7 Å². The quantitative estimate of drug-likeness (QED) is 0.332. The first-order chi connectivity index (χ1) is 15.8. The monoisotopic (exact) mass is 499 g/mol. The summed E-state index contributed by atoms with van der Waals surface area (Å²) in [5.41, 5.74) is 3.20. The SMILES string of the molecule is CC1(C)CC(=O)C2C(=Nc3[nH]ncc3C2c2ccc(Sc3nc4cc(Cl)c(Cl)cc4[nH]3)o2)C1. The lowest BCUT2D eigenvalue weighted by Crippen LogP contribution is -2.42. The molecule has 1 aromatic carbocycles. The van der Waals surface area contributed by atoms with E-state index in [1.54, 1.807) is 18.3 Å². The number of Topliss-reactive ketones (excluding diaryl/α,β-unsaturated/α-hetero) is 1. The van der Waals surface area contributed by atoms with Crippen LogP contribution in [-0.4, -0.2) is 31.7 Å². The number of nitrogens with one attached hydrogen (secondary N) is 2. The number of aromatic nitrogens is 4. The lowest BCUT2D eigenvalue weighted by Gasteiger charge is -2.39. The van der Waals surface area contributed by atoms with Crippen molar-refractivity contribution in [2.75, 3.05) is 0 Å². The van der Waals surface area contributed by atoms with Gasteiger partial charge in [0.15, 0.2) is 16.1 Å². The maximum Gasteiger partial charge on any atom is 0.174 e. The Kier molecular flexibility index (Phi) is 4.76. The Morgan fingerprint density at radius 1 is 1.15 bits per heavy atom. The standard InChI is InChI=1S/C23H19Cl2N5O2S/c1-23(2)7-15-20(16(31)8-23)19(10-9-26-30-21(10)27-15)17-3-4-18(32-17)33-22-28-13-5-11(24)12(25)6-14(13)29-22/h3-6,9,19-20H,7-8H2,1-2H3,(H,26,30)(H,28,29). The summed E-state index contributed by atoms with van der Waals surface area (Å²) in [6.45, 7) is 4.22. The highest BCUT2D eigenvalue weighted by molar-refractivity contribution is 7.99. The van der Waals surface area contributed by atoms with Gasteiger partial charge in [-0.2, -0.15) is 5.10 Å². The molecule has 1 saturated carbocycles. The molecule has 4 heterocycles. The summed E-state index contributed by atoms with van der Waals surface area (Å²) in [6.07, 6.45) is 3.03. The number of fused-ring (bicyclic) bond motifs is 3. The number of rotatable bonds is 3. The van der Waals surface area contributed by atoms with Crippen molar-refractivity contribution in [2.45, 2.75) is 42.9 Å². The van der Waals surface area contributed by atoms with Gasteiger partial charge >= 0.3 is 0 Å². The first-order valence-corrected chi connectivity index (χ1v) is 12.1. The molecule has 33 heavy (non-hydrogen) atoms. The van der Waals surface area contributed by atoms with Crippen LogP contribution in [-0.2, 0) is 4.79 Å². The summed E-state index contributed by atoms with van der Waals surface area (Å²) in [6, 6.07) is 7.31. The van der Waals surface area contributed by atoms with Gasteiger partial charge in [0.25, 0.3) is 0 Å². The van der Waals surface area contributed by atoms with Crippen LogP contribution in [0, 0.1) is 11.3 Å². The van der Waals surface area contributed by atoms with Crippen LogP contribution >= 0.6 is 35.0 Å². The molecule has 2 N–H and O–H groups in total.